The second-order valence-electron chi connectivity index (χ2n) is 4.52. The van der Waals surface area contributed by atoms with E-state index < -0.39 is 0 Å². The van der Waals surface area contributed by atoms with Crippen molar-refractivity contribution in [3.63, 3.8) is 0 Å². The highest BCUT2D eigenvalue weighted by atomic mass is 16.5. The van der Waals surface area contributed by atoms with Crippen LogP contribution in [0.2, 0.25) is 0 Å². The number of hydrogen-bond acceptors (Lipinski definition) is 3. The average molecular weight is 215 g/mol. The van der Waals surface area contributed by atoms with Gasteiger partial charge in [-0.1, -0.05) is 0 Å². The Labute approximate surface area is 91.0 Å². The number of ether oxygens (including phenoxy) is 1. The Kier molecular flexibility index (Phi) is 4.54. The summed E-state index contributed by atoms with van der Waals surface area (Å²) in [5.74, 6) is 0.0543. The molecular weight excluding hydrogens is 194 g/mol. The molecule has 4 heteroatoms. The van der Waals surface area contributed by atoms with Gasteiger partial charge in [-0.25, -0.2) is 0 Å². The Morgan fingerprint density at radius 3 is 2.73 bits per heavy atom. The summed E-state index contributed by atoms with van der Waals surface area (Å²) in [6.45, 7) is 2.74. The molecule has 1 aliphatic rings. The van der Waals surface area contributed by atoms with Crippen LogP contribution in [-0.4, -0.2) is 37.4 Å². The van der Waals surface area contributed by atoms with Crippen LogP contribution < -0.4 is 5.32 Å². The Morgan fingerprint density at radius 1 is 1.60 bits per heavy atom. The number of hydrogen-bond donors (Lipinski definition) is 2. The summed E-state index contributed by atoms with van der Waals surface area (Å²) >= 11 is 0. The lowest BCUT2D eigenvalue weighted by Crippen LogP contribution is -2.32. The number of carbonyl (C=O) groups excluding carboxylic acids is 1. The molecule has 0 spiro atoms. The highest BCUT2D eigenvalue weighted by Gasteiger charge is 2.41. The van der Waals surface area contributed by atoms with E-state index >= 15 is 0 Å². The van der Waals surface area contributed by atoms with Gasteiger partial charge in [0.2, 0.25) is 5.91 Å². The third-order valence-corrected chi connectivity index (χ3v) is 3.13. The first-order chi connectivity index (χ1) is 7.12. The van der Waals surface area contributed by atoms with Crippen LogP contribution in [0.1, 0.15) is 32.6 Å². The number of aliphatic hydroxyl groups is 1. The highest BCUT2D eigenvalue weighted by molar-refractivity contribution is 5.75. The summed E-state index contributed by atoms with van der Waals surface area (Å²) in [5.41, 5.74) is 0.00251. The third kappa shape index (κ3) is 4.18. The molecule has 0 heterocycles. The minimum atomic E-state index is 0.00251. The lowest BCUT2D eigenvalue weighted by Gasteiger charge is -2.13. The lowest BCUT2D eigenvalue weighted by molar-refractivity contribution is -0.122. The normalized spacial score (nSPS) is 19.7. The number of carbonyl (C=O) groups is 1. The zero-order valence-corrected chi connectivity index (χ0v) is 9.58. The minimum Gasteiger partial charge on any atom is -0.396 e. The number of rotatable bonds is 7. The van der Waals surface area contributed by atoms with Crippen LogP contribution in [0.5, 0.6) is 0 Å². The van der Waals surface area contributed by atoms with Crippen LogP contribution >= 0.6 is 0 Å². The molecule has 0 saturated heterocycles. The molecule has 0 aromatic rings. The number of methoxy groups -OCH3 is 1. The van der Waals surface area contributed by atoms with Gasteiger partial charge in [0.05, 0.1) is 12.7 Å². The smallest absolute Gasteiger partial charge is 0.220 e. The quantitative estimate of drug-likeness (QED) is 0.657. The predicted octanol–water partition coefficient (Wildman–Crippen LogP) is 0.690. The minimum absolute atomic E-state index is 0.00251. The van der Waals surface area contributed by atoms with Crippen molar-refractivity contribution in [2.45, 2.75) is 38.7 Å². The maximum atomic E-state index is 11.4. The molecular formula is C11H21NO3. The second-order valence-corrected chi connectivity index (χ2v) is 4.52. The summed E-state index contributed by atoms with van der Waals surface area (Å²) < 4.78 is 5.06. The molecule has 0 bridgehead atoms. The fraction of sp³-hybridized carbons (Fsp3) is 0.909. The lowest BCUT2D eigenvalue weighted by atomic mass is 10.1. The van der Waals surface area contributed by atoms with Crippen molar-refractivity contribution >= 4 is 5.91 Å². The number of aliphatic hydroxyl groups excluding tert-OH is 1. The van der Waals surface area contributed by atoms with E-state index in [1.807, 2.05) is 6.92 Å². The Morgan fingerprint density at radius 2 is 2.27 bits per heavy atom. The molecule has 1 aliphatic carbocycles. The molecule has 1 rings (SSSR count). The summed E-state index contributed by atoms with van der Waals surface area (Å²) in [5, 5.41) is 11.9. The Balaban J connectivity index is 2.08. The largest absolute Gasteiger partial charge is 0.396 e. The molecule has 1 unspecified atom stereocenters. The van der Waals surface area contributed by atoms with E-state index in [1.54, 1.807) is 7.11 Å². The first-order valence-corrected chi connectivity index (χ1v) is 5.52. The van der Waals surface area contributed by atoms with E-state index in [2.05, 4.69) is 5.32 Å². The molecule has 0 aromatic heterocycles. The number of nitrogens with one attached hydrogen (secondary N) is 1. The van der Waals surface area contributed by atoms with E-state index in [4.69, 9.17) is 9.84 Å². The average Bonchev–Trinajstić information content (AvgIpc) is 3.03. The van der Waals surface area contributed by atoms with Gasteiger partial charge in [0.15, 0.2) is 0 Å². The van der Waals surface area contributed by atoms with Gasteiger partial charge >= 0.3 is 0 Å². The first-order valence-electron chi connectivity index (χ1n) is 5.52. The summed E-state index contributed by atoms with van der Waals surface area (Å²) in [6, 6.07) is 0. The van der Waals surface area contributed by atoms with Crippen LogP contribution in [0.4, 0.5) is 0 Å². The van der Waals surface area contributed by atoms with E-state index in [1.165, 1.54) is 0 Å². The topological polar surface area (TPSA) is 58.6 Å². The van der Waals surface area contributed by atoms with Gasteiger partial charge < -0.3 is 15.2 Å². The molecule has 1 fully saturated rings. The van der Waals surface area contributed by atoms with Crippen molar-refractivity contribution < 1.29 is 14.6 Å². The maximum absolute atomic E-state index is 11.4. The van der Waals surface area contributed by atoms with E-state index in [0.717, 1.165) is 19.3 Å². The van der Waals surface area contributed by atoms with Crippen LogP contribution in [0.15, 0.2) is 0 Å². The van der Waals surface area contributed by atoms with Gasteiger partial charge in [-0.05, 0) is 26.2 Å². The van der Waals surface area contributed by atoms with Crippen LogP contribution in [0, 0.1) is 5.41 Å². The van der Waals surface area contributed by atoms with Crippen molar-refractivity contribution in [2.24, 2.45) is 5.41 Å². The van der Waals surface area contributed by atoms with Crippen LogP contribution in [-0.2, 0) is 9.53 Å². The zero-order valence-electron chi connectivity index (χ0n) is 9.58. The molecule has 1 amide bonds. The molecule has 0 aromatic carbocycles. The van der Waals surface area contributed by atoms with Crippen molar-refractivity contribution in [3.8, 4) is 0 Å². The van der Waals surface area contributed by atoms with Crippen molar-refractivity contribution in [1.82, 2.24) is 5.32 Å². The monoisotopic (exact) mass is 215 g/mol. The highest BCUT2D eigenvalue weighted by Crippen LogP contribution is 2.44. The molecule has 1 saturated carbocycles. The van der Waals surface area contributed by atoms with E-state index in [9.17, 15) is 4.79 Å². The maximum Gasteiger partial charge on any atom is 0.220 e. The zero-order chi connectivity index (χ0) is 11.3. The molecule has 0 aliphatic heterocycles. The van der Waals surface area contributed by atoms with Gasteiger partial charge in [0, 0.05) is 25.5 Å². The molecule has 15 heavy (non-hydrogen) atoms. The van der Waals surface area contributed by atoms with Crippen molar-refractivity contribution in [2.75, 3.05) is 20.3 Å². The standard InChI is InChI=1S/C11H21NO3/c1-9(15-2)3-4-10(14)12-7-11(8-13)5-6-11/h9,13H,3-8H2,1-2H3,(H,12,14). The fourth-order valence-electron chi connectivity index (χ4n) is 1.39. The van der Waals surface area contributed by atoms with Crippen LogP contribution in [0.25, 0.3) is 0 Å². The summed E-state index contributed by atoms with van der Waals surface area (Å²) in [4.78, 5) is 11.4. The van der Waals surface area contributed by atoms with Gasteiger partial charge in [0.25, 0.3) is 0 Å². The SMILES string of the molecule is COC(C)CCC(=O)NCC1(CO)CC1. The van der Waals surface area contributed by atoms with Gasteiger partial charge in [-0.15, -0.1) is 0 Å². The summed E-state index contributed by atoms with van der Waals surface area (Å²) in [7, 11) is 1.65. The molecule has 4 nitrogen and oxygen atoms in total. The molecule has 1 atom stereocenters. The molecule has 0 radical (unpaired) electrons. The fourth-order valence-corrected chi connectivity index (χ4v) is 1.39. The van der Waals surface area contributed by atoms with E-state index in [-0.39, 0.29) is 24.0 Å². The number of amides is 1. The van der Waals surface area contributed by atoms with E-state index in [0.29, 0.717) is 13.0 Å². The van der Waals surface area contributed by atoms with Crippen molar-refractivity contribution in [1.29, 1.82) is 0 Å². The van der Waals surface area contributed by atoms with Gasteiger partial charge in [-0.3, -0.25) is 4.79 Å². The first kappa shape index (κ1) is 12.5. The third-order valence-electron chi connectivity index (χ3n) is 3.13. The molecule has 88 valence electrons. The Bertz CT molecular complexity index is 214. The van der Waals surface area contributed by atoms with Crippen LogP contribution in [0.3, 0.4) is 0 Å². The second kappa shape index (κ2) is 5.47. The van der Waals surface area contributed by atoms with Crippen molar-refractivity contribution in [3.05, 3.63) is 0 Å². The predicted molar refractivity (Wildman–Crippen MR) is 57.5 cm³/mol. The molecule has 2 N–H and O–H groups in total. The van der Waals surface area contributed by atoms with Gasteiger partial charge in [-0.2, -0.15) is 0 Å². The van der Waals surface area contributed by atoms with Gasteiger partial charge in [0.1, 0.15) is 0 Å². The summed E-state index contributed by atoms with van der Waals surface area (Å²) in [6.07, 6.45) is 3.42. The Hall–Kier alpha value is -0.610.